The van der Waals surface area contributed by atoms with Crippen molar-refractivity contribution >= 4 is 23.2 Å². The summed E-state index contributed by atoms with van der Waals surface area (Å²) in [6.07, 6.45) is 1.02. The van der Waals surface area contributed by atoms with Gasteiger partial charge in [0.05, 0.1) is 40.7 Å². The summed E-state index contributed by atoms with van der Waals surface area (Å²) in [5, 5.41) is 11.6. The van der Waals surface area contributed by atoms with Gasteiger partial charge in [-0.1, -0.05) is 6.07 Å². The molecule has 3 saturated heterocycles. The Hall–Kier alpha value is -3.26. The molecule has 0 saturated carbocycles. The normalized spacial score (nSPS) is 26.5. The van der Waals surface area contributed by atoms with Crippen LogP contribution in [-0.2, 0) is 14.3 Å². The van der Waals surface area contributed by atoms with Crippen LogP contribution in [0.25, 0.3) is 0 Å². The number of fused-ring (bicyclic) bond motifs is 5. The van der Waals surface area contributed by atoms with E-state index in [1.165, 1.54) is 18.2 Å². The number of non-ortho nitro benzene ring substituents is 1. The van der Waals surface area contributed by atoms with Crippen molar-refractivity contribution in [2.45, 2.75) is 45.8 Å². The first-order valence-corrected chi connectivity index (χ1v) is 10.3. The lowest BCUT2D eigenvalue weighted by molar-refractivity contribution is -0.384. The molecule has 2 aromatic carbocycles. The second kappa shape index (κ2) is 6.88. The number of carbonyl (C=O) groups is 2. The van der Waals surface area contributed by atoms with Gasteiger partial charge in [-0.25, -0.2) is 4.90 Å². The number of rotatable bonds is 4. The molecule has 3 heterocycles. The van der Waals surface area contributed by atoms with Gasteiger partial charge in [0.2, 0.25) is 11.8 Å². The van der Waals surface area contributed by atoms with E-state index < -0.39 is 16.8 Å². The van der Waals surface area contributed by atoms with Crippen LogP contribution in [0.3, 0.4) is 0 Å². The number of ether oxygens (including phenoxy) is 2. The van der Waals surface area contributed by atoms with E-state index in [1.54, 1.807) is 0 Å². The molecule has 3 aliphatic heterocycles. The molecule has 0 aromatic heterocycles. The molecule has 0 spiro atoms. The maximum absolute atomic E-state index is 13.1. The molecule has 0 radical (unpaired) electrons. The summed E-state index contributed by atoms with van der Waals surface area (Å²) in [6.45, 7) is 5.81. The predicted octanol–water partition coefficient (Wildman–Crippen LogP) is 3.98. The molecular formula is C23H22N2O6. The number of nitrogens with zero attached hydrogens (tertiary/aromatic N) is 2. The van der Waals surface area contributed by atoms with Crippen molar-refractivity contribution in [3.8, 4) is 11.5 Å². The Balaban J connectivity index is 1.55. The number of amides is 2. The van der Waals surface area contributed by atoms with Gasteiger partial charge in [0.1, 0.15) is 11.5 Å². The van der Waals surface area contributed by atoms with E-state index in [1.807, 2.05) is 32.9 Å². The molecule has 0 N–H and O–H groups in total. The highest BCUT2D eigenvalue weighted by Gasteiger charge is 2.62. The van der Waals surface area contributed by atoms with Gasteiger partial charge in [-0.05, 0) is 56.4 Å². The van der Waals surface area contributed by atoms with Crippen LogP contribution in [0.15, 0.2) is 30.3 Å². The summed E-state index contributed by atoms with van der Waals surface area (Å²) in [6, 6.07) is 7.95. The van der Waals surface area contributed by atoms with E-state index in [0.29, 0.717) is 5.75 Å². The number of hydrogen-bond acceptors (Lipinski definition) is 6. The Kier molecular flexibility index (Phi) is 4.37. The second-order valence-electron chi connectivity index (χ2n) is 8.60. The van der Waals surface area contributed by atoms with Gasteiger partial charge in [0.15, 0.2) is 0 Å². The van der Waals surface area contributed by atoms with E-state index in [0.717, 1.165) is 34.4 Å². The standard InChI is InChI=1S/C23H22N2O6/c1-11-6-12(2)13(3)19(7-11)30-16-9-14(8-15(10-16)25(28)29)24-22(26)20-17-4-5-18(31-17)21(20)23(24)27/h6-10,17-18,20-21H,4-5H2,1-3H3/t17-,18-,20-,21-/m0/s1. The number of imide groups is 1. The molecular weight excluding hydrogens is 400 g/mol. The van der Waals surface area contributed by atoms with Crippen molar-refractivity contribution in [3.05, 3.63) is 57.1 Å². The van der Waals surface area contributed by atoms with Crippen molar-refractivity contribution in [1.29, 1.82) is 0 Å². The number of nitro benzene ring substituents is 1. The number of carbonyl (C=O) groups excluding carboxylic acids is 2. The van der Waals surface area contributed by atoms with Gasteiger partial charge in [0, 0.05) is 12.1 Å². The number of hydrogen-bond donors (Lipinski definition) is 0. The lowest BCUT2D eigenvalue weighted by atomic mass is 9.81. The van der Waals surface area contributed by atoms with Crippen LogP contribution in [0.5, 0.6) is 11.5 Å². The molecule has 2 amide bonds. The van der Waals surface area contributed by atoms with Crippen LogP contribution in [0.1, 0.15) is 29.5 Å². The highest BCUT2D eigenvalue weighted by atomic mass is 16.6. The summed E-state index contributed by atoms with van der Waals surface area (Å²) in [5.74, 6) is -0.930. The third-order valence-corrected chi connectivity index (χ3v) is 6.62. The Bertz CT molecular complexity index is 1120. The van der Waals surface area contributed by atoms with Crippen molar-refractivity contribution in [1.82, 2.24) is 0 Å². The van der Waals surface area contributed by atoms with E-state index in [4.69, 9.17) is 9.47 Å². The second-order valence-corrected chi connectivity index (χ2v) is 8.60. The van der Waals surface area contributed by atoms with Gasteiger partial charge < -0.3 is 9.47 Å². The average Bonchev–Trinajstić information content (AvgIpc) is 3.39. The molecule has 2 aromatic rings. The molecule has 5 rings (SSSR count). The molecule has 0 aliphatic carbocycles. The zero-order valence-corrected chi connectivity index (χ0v) is 17.5. The van der Waals surface area contributed by atoms with Gasteiger partial charge in [-0.15, -0.1) is 0 Å². The molecule has 160 valence electrons. The van der Waals surface area contributed by atoms with Gasteiger partial charge in [-0.2, -0.15) is 0 Å². The first-order valence-electron chi connectivity index (χ1n) is 10.3. The minimum atomic E-state index is -0.552. The fourth-order valence-corrected chi connectivity index (χ4v) is 5.06. The molecule has 4 atom stereocenters. The predicted molar refractivity (Wildman–Crippen MR) is 111 cm³/mol. The molecule has 31 heavy (non-hydrogen) atoms. The minimum absolute atomic E-state index is 0.162. The SMILES string of the molecule is Cc1cc(C)c(C)c(Oc2cc(N3C(=O)[C@@H]4[C@@H](C3=O)[C@@H]3CC[C@@H]4O3)cc([N+](=O)[O-])c2)c1. The maximum atomic E-state index is 13.1. The molecule has 2 bridgehead atoms. The zero-order valence-electron chi connectivity index (χ0n) is 17.5. The van der Waals surface area contributed by atoms with Crippen molar-refractivity contribution in [2.75, 3.05) is 4.90 Å². The fraction of sp³-hybridized carbons (Fsp3) is 0.391. The number of anilines is 1. The third kappa shape index (κ3) is 3.01. The summed E-state index contributed by atoms with van der Waals surface area (Å²) in [4.78, 5) is 38.3. The Morgan fingerprint density at radius 2 is 1.65 bits per heavy atom. The first-order chi connectivity index (χ1) is 14.7. The zero-order chi connectivity index (χ0) is 22.0. The van der Waals surface area contributed by atoms with E-state index in [9.17, 15) is 19.7 Å². The molecule has 8 nitrogen and oxygen atoms in total. The van der Waals surface area contributed by atoms with Crippen LogP contribution < -0.4 is 9.64 Å². The summed E-state index contributed by atoms with van der Waals surface area (Å²) in [5.41, 5.74) is 2.86. The summed E-state index contributed by atoms with van der Waals surface area (Å²) >= 11 is 0. The Morgan fingerprint density at radius 1 is 1.00 bits per heavy atom. The highest BCUT2D eigenvalue weighted by molar-refractivity contribution is 6.23. The summed E-state index contributed by atoms with van der Waals surface area (Å²) in [7, 11) is 0. The van der Waals surface area contributed by atoms with Crippen LogP contribution >= 0.6 is 0 Å². The minimum Gasteiger partial charge on any atom is -0.457 e. The number of benzene rings is 2. The van der Waals surface area contributed by atoms with Gasteiger partial charge in [0.25, 0.3) is 5.69 Å². The number of nitro groups is 1. The maximum Gasteiger partial charge on any atom is 0.275 e. The molecule has 3 fully saturated rings. The van der Waals surface area contributed by atoms with Crippen LogP contribution in [0, 0.1) is 42.7 Å². The van der Waals surface area contributed by atoms with Gasteiger partial charge in [-0.3, -0.25) is 19.7 Å². The van der Waals surface area contributed by atoms with E-state index >= 15 is 0 Å². The molecule has 3 aliphatic rings. The van der Waals surface area contributed by atoms with E-state index in [-0.39, 0.29) is 41.1 Å². The number of aryl methyl sites for hydroxylation is 2. The smallest absolute Gasteiger partial charge is 0.275 e. The van der Waals surface area contributed by atoms with Crippen LogP contribution in [-0.4, -0.2) is 28.9 Å². The lowest BCUT2D eigenvalue weighted by Crippen LogP contribution is -2.34. The monoisotopic (exact) mass is 422 g/mol. The summed E-state index contributed by atoms with van der Waals surface area (Å²) < 4.78 is 11.8. The third-order valence-electron chi connectivity index (χ3n) is 6.62. The Morgan fingerprint density at radius 3 is 2.26 bits per heavy atom. The largest absolute Gasteiger partial charge is 0.457 e. The molecule has 0 unspecified atom stereocenters. The molecule has 8 heteroatoms. The van der Waals surface area contributed by atoms with Gasteiger partial charge >= 0.3 is 0 Å². The topological polar surface area (TPSA) is 99.0 Å². The van der Waals surface area contributed by atoms with E-state index in [2.05, 4.69) is 0 Å². The quantitative estimate of drug-likeness (QED) is 0.420. The van der Waals surface area contributed by atoms with Crippen molar-refractivity contribution in [3.63, 3.8) is 0 Å². The van der Waals surface area contributed by atoms with Crippen LogP contribution in [0.4, 0.5) is 11.4 Å². The average molecular weight is 422 g/mol. The highest BCUT2D eigenvalue weighted by Crippen LogP contribution is 2.50. The fourth-order valence-electron chi connectivity index (χ4n) is 5.06. The van der Waals surface area contributed by atoms with Crippen LogP contribution in [0.2, 0.25) is 0 Å². The first kappa shape index (κ1) is 19.7. The van der Waals surface area contributed by atoms with Crippen molar-refractivity contribution in [2.24, 2.45) is 11.8 Å². The van der Waals surface area contributed by atoms with Crippen molar-refractivity contribution < 1.29 is 24.0 Å². The lowest BCUT2D eigenvalue weighted by Gasteiger charge is -2.19. The Labute approximate surface area is 178 Å².